The van der Waals surface area contributed by atoms with Gasteiger partial charge in [0.1, 0.15) is 0 Å². The Morgan fingerprint density at radius 2 is 2.00 bits per heavy atom. The second-order valence-electron chi connectivity index (χ2n) is 4.76. The lowest BCUT2D eigenvalue weighted by Crippen LogP contribution is -2.19. The van der Waals surface area contributed by atoms with Gasteiger partial charge in [0.2, 0.25) is 5.91 Å². The third kappa shape index (κ3) is 5.24. The van der Waals surface area contributed by atoms with Crippen molar-refractivity contribution in [1.29, 1.82) is 0 Å². The van der Waals surface area contributed by atoms with Crippen LogP contribution in [-0.4, -0.2) is 21.5 Å². The summed E-state index contributed by atoms with van der Waals surface area (Å²) in [6, 6.07) is 7.27. The number of benzene rings is 1. The summed E-state index contributed by atoms with van der Waals surface area (Å²) >= 11 is 1.60. The molecule has 0 aromatic heterocycles. The van der Waals surface area contributed by atoms with Gasteiger partial charge in [-0.1, -0.05) is 39.0 Å². The van der Waals surface area contributed by atoms with Crippen LogP contribution < -0.4 is 5.32 Å². The summed E-state index contributed by atoms with van der Waals surface area (Å²) in [5, 5.41) is 11.9. The van der Waals surface area contributed by atoms with Gasteiger partial charge in [0, 0.05) is 16.0 Å². The number of hydrogen-bond donors (Lipinski definition) is 2. The van der Waals surface area contributed by atoms with Crippen LogP contribution in [0.15, 0.2) is 24.3 Å². The number of carbonyl (C=O) groups excluding carboxylic acids is 1. The number of rotatable bonds is 4. The molecule has 0 bridgehead atoms. The molecule has 1 aromatic carbocycles. The number of amides is 1. The standard InChI is InChI=1S/C13H19NO2S/c1-13(2,3)17-9-12(16)14-11-7-5-4-6-10(11)8-15/h4-7,15H,8-9H2,1-3H3,(H,14,16). The first kappa shape index (κ1) is 14.1. The highest BCUT2D eigenvalue weighted by Gasteiger charge is 2.13. The summed E-state index contributed by atoms with van der Waals surface area (Å²) in [7, 11) is 0. The van der Waals surface area contributed by atoms with Crippen molar-refractivity contribution in [3.63, 3.8) is 0 Å². The molecule has 94 valence electrons. The van der Waals surface area contributed by atoms with E-state index in [-0.39, 0.29) is 17.3 Å². The number of thioether (sulfide) groups is 1. The van der Waals surface area contributed by atoms with E-state index in [1.54, 1.807) is 23.9 Å². The molecule has 0 heterocycles. The summed E-state index contributed by atoms with van der Waals surface area (Å²) in [5.74, 6) is 0.384. The van der Waals surface area contributed by atoms with Crippen molar-refractivity contribution in [3.05, 3.63) is 29.8 Å². The minimum Gasteiger partial charge on any atom is -0.392 e. The molecule has 3 nitrogen and oxygen atoms in total. The van der Waals surface area contributed by atoms with Crippen LogP contribution in [0.4, 0.5) is 5.69 Å². The maximum Gasteiger partial charge on any atom is 0.234 e. The first-order valence-electron chi connectivity index (χ1n) is 5.55. The Balaban J connectivity index is 2.56. The molecule has 0 saturated carbocycles. The summed E-state index contributed by atoms with van der Waals surface area (Å²) < 4.78 is 0.0772. The Labute approximate surface area is 107 Å². The monoisotopic (exact) mass is 253 g/mol. The van der Waals surface area contributed by atoms with E-state index in [2.05, 4.69) is 26.1 Å². The lowest BCUT2D eigenvalue weighted by atomic mass is 10.2. The smallest absolute Gasteiger partial charge is 0.234 e. The fourth-order valence-corrected chi connectivity index (χ4v) is 1.88. The molecule has 4 heteroatoms. The number of aliphatic hydroxyl groups is 1. The molecule has 0 aliphatic heterocycles. The summed E-state index contributed by atoms with van der Waals surface area (Å²) in [5.41, 5.74) is 1.43. The van der Waals surface area contributed by atoms with E-state index in [0.717, 1.165) is 5.56 Å². The average Bonchev–Trinajstić information content (AvgIpc) is 2.26. The van der Waals surface area contributed by atoms with Gasteiger partial charge in [0.15, 0.2) is 0 Å². The molecule has 0 spiro atoms. The molecule has 0 radical (unpaired) electrons. The van der Waals surface area contributed by atoms with Crippen molar-refractivity contribution in [2.24, 2.45) is 0 Å². The van der Waals surface area contributed by atoms with Crippen LogP contribution in [0.2, 0.25) is 0 Å². The van der Waals surface area contributed by atoms with E-state index in [4.69, 9.17) is 5.11 Å². The van der Waals surface area contributed by atoms with Crippen LogP contribution in [-0.2, 0) is 11.4 Å². The minimum absolute atomic E-state index is 0.0363. The summed E-state index contributed by atoms with van der Waals surface area (Å²) in [6.07, 6.45) is 0. The van der Waals surface area contributed by atoms with Gasteiger partial charge in [0.05, 0.1) is 12.4 Å². The van der Waals surface area contributed by atoms with Gasteiger partial charge in [-0.25, -0.2) is 0 Å². The normalized spacial score (nSPS) is 11.3. The summed E-state index contributed by atoms with van der Waals surface area (Å²) in [6.45, 7) is 6.16. The molecular formula is C13H19NO2S. The van der Waals surface area contributed by atoms with Gasteiger partial charge in [0.25, 0.3) is 0 Å². The molecule has 17 heavy (non-hydrogen) atoms. The second kappa shape index (κ2) is 6.07. The summed E-state index contributed by atoms with van der Waals surface area (Å²) in [4.78, 5) is 11.7. The number of carbonyl (C=O) groups is 1. The van der Waals surface area contributed by atoms with E-state index in [1.807, 2.05) is 12.1 Å². The third-order valence-electron chi connectivity index (χ3n) is 2.10. The zero-order valence-electron chi connectivity index (χ0n) is 10.5. The zero-order chi connectivity index (χ0) is 12.9. The third-order valence-corrected chi connectivity index (χ3v) is 3.37. The molecule has 0 saturated heterocycles. The van der Waals surface area contributed by atoms with Crippen molar-refractivity contribution in [2.45, 2.75) is 32.1 Å². The highest BCUT2D eigenvalue weighted by atomic mass is 32.2. The molecular weight excluding hydrogens is 234 g/mol. The van der Waals surface area contributed by atoms with Crippen LogP contribution in [0.25, 0.3) is 0 Å². The number of para-hydroxylation sites is 1. The molecule has 1 aromatic rings. The van der Waals surface area contributed by atoms with Crippen molar-refractivity contribution in [3.8, 4) is 0 Å². The number of hydrogen-bond acceptors (Lipinski definition) is 3. The van der Waals surface area contributed by atoms with Gasteiger partial charge < -0.3 is 10.4 Å². The Morgan fingerprint density at radius 3 is 2.59 bits per heavy atom. The van der Waals surface area contributed by atoms with E-state index in [9.17, 15) is 4.79 Å². The SMILES string of the molecule is CC(C)(C)SCC(=O)Nc1ccccc1CO. The lowest BCUT2D eigenvalue weighted by Gasteiger charge is -2.17. The first-order chi connectivity index (χ1) is 7.92. The van der Waals surface area contributed by atoms with Gasteiger partial charge in [-0.2, -0.15) is 0 Å². The zero-order valence-corrected chi connectivity index (χ0v) is 11.3. The predicted octanol–water partition coefficient (Wildman–Crippen LogP) is 2.65. The average molecular weight is 253 g/mol. The van der Waals surface area contributed by atoms with Gasteiger partial charge in [-0.15, -0.1) is 11.8 Å². The molecule has 0 aliphatic carbocycles. The molecule has 2 N–H and O–H groups in total. The maximum absolute atomic E-state index is 11.7. The molecule has 0 aliphatic rings. The van der Waals surface area contributed by atoms with E-state index >= 15 is 0 Å². The fraction of sp³-hybridized carbons (Fsp3) is 0.462. The molecule has 1 rings (SSSR count). The number of nitrogens with one attached hydrogen (secondary N) is 1. The van der Waals surface area contributed by atoms with Crippen LogP contribution in [0.1, 0.15) is 26.3 Å². The Morgan fingerprint density at radius 1 is 1.35 bits per heavy atom. The minimum atomic E-state index is -0.0666. The van der Waals surface area contributed by atoms with Crippen molar-refractivity contribution < 1.29 is 9.90 Å². The topological polar surface area (TPSA) is 49.3 Å². The molecule has 0 fully saturated rings. The fourth-order valence-electron chi connectivity index (χ4n) is 1.25. The van der Waals surface area contributed by atoms with Gasteiger partial charge >= 0.3 is 0 Å². The lowest BCUT2D eigenvalue weighted by molar-refractivity contribution is -0.113. The molecule has 0 atom stereocenters. The number of anilines is 1. The van der Waals surface area contributed by atoms with Crippen molar-refractivity contribution in [1.82, 2.24) is 0 Å². The Hall–Kier alpha value is -1.00. The van der Waals surface area contributed by atoms with Crippen LogP contribution in [0.3, 0.4) is 0 Å². The Bertz CT molecular complexity index is 385. The van der Waals surface area contributed by atoms with E-state index in [1.165, 1.54) is 0 Å². The van der Waals surface area contributed by atoms with Crippen LogP contribution in [0, 0.1) is 0 Å². The van der Waals surface area contributed by atoms with Gasteiger partial charge in [-0.3, -0.25) is 4.79 Å². The van der Waals surface area contributed by atoms with Crippen molar-refractivity contribution >= 4 is 23.4 Å². The highest BCUT2D eigenvalue weighted by Crippen LogP contribution is 2.23. The predicted molar refractivity (Wildman–Crippen MR) is 73.2 cm³/mol. The van der Waals surface area contributed by atoms with E-state index in [0.29, 0.717) is 11.4 Å². The van der Waals surface area contributed by atoms with Crippen LogP contribution in [0.5, 0.6) is 0 Å². The number of aliphatic hydroxyl groups excluding tert-OH is 1. The first-order valence-corrected chi connectivity index (χ1v) is 6.53. The van der Waals surface area contributed by atoms with E-state index < -0.39 is 0 Å². The van der Waals surface area contributed by atoms with Gasteiger partial charge in [-0.05, 0) is 6.07 Å². The van der Waals surface area contributed by atoms with Crippen molar-refractivity contribution in [2.75, 3.05) is 11.1 Å². The largest absolute Gasteiger partial charge is 0.392 e. The molecule has 0 unspecified atom stereocenters. The highest BCUT2D eigenvalue weighted by molar-refractivity contribution is 8.01. The maximum atomic E-state index is 11.7. The second-order valence-corrected chi connectivity index (χ2v) is 6.57. The quantitative estimate of drug-likeness (QED) is 0.867. The molecule has 1 amide bonds. The Kier molecular flexibility index (Phi) is 5.02. The van der Waals surface area contributed by atoms with Crippen LogP contribution >= 0.6 is 11.8 Å².